The first-order valence-corrected chi connectivity index (χ1v) is 9.68. The molecule has 2 aromatic rings. The molecule has 0 radical (unpaired) electrons. The quantitative estimate of drug-likeness (QED) is 0.832. The fourth-order valence-electron chi connectivity index (χ4n) is 3.23. The number of nitrogens with one attached hydrogen (secondary N) is 1. The fourth-order valence-corrected chi connectivity index (χ4v) is 3.93. The summed E-state index contributed by atoms with van der Waals surface area (Å²) in [4.78, 5) is 19.4. The molecule has 2 aromatic heterocycles. The Kier molecular flexibility index (Phi) is 8.38. The summed E-state index contributed by atoms with van der Waals surface area (Å²) >= 11 is 1.69. The van der Waals surface area contributed by atoms with E-state index in [9.17, 15) is 4.79 Å². The summed E-state index contributed by atoms with van der Waals surface area (Å²) in [5.41, 5.74) is 2.23. The Morgan fingerprint density at radius 3 is 2.96 bits per heavy atom. The first-order valence-electron chi connectivity index (χ1n) is 8.74. The number of aromatic nitrogens is 1. The van der Waals surface area contributed by atoms with Crippen molar-refractivity contribution in [2.45, 2.75) is 44.7 Å². The average molecular weight is 380 g/mol. The van der Waals surface area contributed by atoms with Crippen LogP contribution in [0.4, 0.5) is 0 Å². The van der Waals surface area contributed by atoms with Gasteiger partial charge in [-0.3, -0.25) is 9.78 Å². The van der Waals surface area contributed by atoms with E-state index in [2.05, 4.69) is 32.0 Å². The predicted octanol–water partition coefficient (Wildman–Crippen LogP) is 3.67. The second-order valence-corrected chi connectivity index (χ2v) is 7.09. The maximum atomic E-state index is 12.9. The molecule has 4 nitrogen and oxygen atoms in total. The Hall–Kier alpha value is -1.43. The molecule has 1 atom stereocenters. The van der Waals surface area contributed by atoms with Crippen molar-refractivity contribution in [3.8, 4) is 0 Å². The number of carbonyl (C=O) groups is 1. The molecule has 1 N–H and O–H groups in total. The lowest BCUT2D eigenvalue weighted by molar-refractivity contribution is -0.134. The third-order valence-corrected chi connectivity index (χ3v) is 5.30. The molecule has 0 aliphatic carbocycles. The maximum absolute atomic E-state index is 12.9. The Morgan fingerprint density at radius 1 is 1.28 bits per heavy atom. The lowest BCUT2D eigenvalue weighted by atomic mass is 10.1. The van der Waals surface area contributed by atoms with Crippen LogP contribution in [-0.2, 0) is 17.8 Å². The molecule has 3 heterocycles. The van der Waals surface area contributed by atoms with Gasteiger partial charge in [0.15, 0.2) is 0 Å². The summed E-state index contributed by atoms with van der Waals surface area (Å²) in [6.45, 7) is 2.66. The van der Waals surface area contributed by atoms with Gasteiger partial charge in [0.25, 0.3) is 0 Å². The molecule has 0 saturated carbocycles. The highest BCUT2D eigenvalue weighted by Crippen LogP contribution is 2.19. The van der Waals surface area contributed by atoms with Gasteiger partial charge in [-0.25, -0.2) is 0 Å². The van der Waals surface area contributed by atoms with Gasteiger partial charge in [0.2, 0.25) is 5.91 Å². The minimum absolute atomic E-state index is 0. The molecule has 1 saturated heterocycles. The van der Waals surface area contributed by atoms with Gasteiger partial charge in [-0.1, -0.05) is 6.07 Å². The summed E-state index contributed by atoms with van der Waals surface area (Å²) in [6.07, 6.45) is 6.43. The highest BCUT2D eigenvalue weighted by atomic mass is 35.5. The van der Waals surface area contributed by atoms with Crippen molar-refractivity contribution in [3.63, 3.8) is 0 Å². The molecule has 136 valence electrons. The number of hydrogen-bond donors (Lipinski definition) is 1. The van der Waals surface area contributed by atoms with Gasteiger partial charge in [-0.05, 0) is 73.3 Å². The van der Waals surface area contributed by atoms with E-state index in [1.54, 1.807) is 17.5 Å². The van der Waals surface area contributed by atoms with Crippen LogP contribution in [-0.4, -0.2) is 34.9 Å². The first-order chi connectivity index (χ1) is 11.8. The number of nitrogens with zero attached hydrogens (tertiary/aromatic N) is 2. The molecular formula is C19H26ClN3OS. The molecule has 0 spiro atoms. The second kappa shape index (κ2) is 10.5. The van der Waals surface area contributed by atoms with E-state index in [1.165, 1.54) is 5.56 Å². The normalized spacial score (nSPS) is 17.4. The summed E-state index contributed by atoms with van der Waals surface area (Å²) in [6, 6.07) is 8.34. The van der Waals surface area contributed by atoms with Crippen LogP contribution in [0.1, 0.15) is 36.9 Å². The predicted molar refractivity (Wildman–Crippen MR) is 105 cm³/mol. The summed E-state index contributed by atoms with van der Waals surface area (Å²) in [7, 11) is 0. The number of pyridine rings is 1. The number of halogens is 1. The van der Waals surface area contributed by atoms with Crippen LogP contribution < -0.4 is 5.32 Å². The summed E-state index contributed by atoms with van der Waals surface area (Å²) in [5, 5.41) is 7.64. The largest absolute Gasteiger partial charge is 0.334 e. The minimum atomic E-state index is 0. The van der Waals surface area contributed by atoms with Gasteiger partial charge in [-0.15, -0.1) is 12.4 Å². The molecule has 0 aromatic carbocycles. The monoisotopic (exact) mass is 379 g/mol. The van der Waals surface area contributed by atoms with Crippen molar-refractivity contribution >= 4 is 29.7 Å². The Labute approximate surface area is 160 Å². The van der Waals surface area contributed by atoms with Crippen LogP contribution in [0, 0.1) is 0 Å². The van der Waals surface area contributed by atoms with E-state index < -0.39 is 0 Å². The van der Waals surface area contributed by atoms with Gasteiger partial charge in [-0.2, -0.15) is 11.3 Å². The third-order valence-electron chi connectivity index (χ3n) is 4.57. The molecule has 1 aliphatic heterocycles. The van der Waals surface area contributed by atoms with Crippen LogP contribution >= 0.6 is 23.7 Å². The number of amides is 1. The van der Waals surface area contributed by atoms with Crippen molar-refractivity contribution in [2.75, 3.05) is 13.1 Å². The number of thiophene rings is 1. The summed E-state index contributed by atoms with van der Waals surface area (Å²) in [5.74, 6) is 0.249. The number of hydrogen-bond acceptors (Lipinski definition) is 4. The van der Waals surface area contributed by atoms with E-state index in [0.717, 1.165) is 44.5 Å². The van der Waals surface area contributed by atoms with Crippen molar-refractivity contribution in [2.24, 2.45) is 0 Å². The third kappa shape index (κ3) is 6.10. The molecule has 3 rings (SSSR count). The highest BCUT2D eigenvalue weighted by Gasteiger charge is 2.24. The SMILES string of the molecule is Cl.O=C(CCc1ccsc1)N(Cc1ccccn1)C1CCCNCC1. The molecule has 6 heteroatoms. The van der Waals surface area contributed by atoms with E-state index in [-0.39, 0.29) is 18.3 Å². The maximum Gasteiger partial charge on any atom is 0.223 e. The van der Waals surface area contributed by atoms with Gasteiger partial charge in [0.05, 0.1) is 12.2 Å². The lowest BCUT2D eigenvalue weighted by Gasteiger charge is -2.31. The standard InChI is InChI=1S/C19H25N3OS.ClH/c23-19(7-6-16-9-13-24-15-16)22(14-17-4-1-2-11-21-17)18-5-3-10-20-12-8-18;/h1-2,4,9,11,13,15,18,20H,3,5-8,10,12,14H2;1H. The zero-order valence-corrected chi connectivity index (χ0v) is 16.0. The highest BCUT2D eigenvalue weighted by molar-refractivity contribution is 7.07. The zero-order valence-electron chi connectivity index (χ0n) is 14.4. The fraction of sp³-hybridized carbons (Fsp3) is 0.474. The van der Waals surface area contributed by atoms with E-state index in [4.69, 9.17) is 0 Å². The number of rotatable bonds is 6. The van der Waals surface area contributed by atoms with Crippen molar-refractivity contribution < 1.29 is 4.79 Å². The topological polar surface area (TPSA) is 45.2 Å². The van der Waals surface area contributed by atoms with Crippen molar-refractivity contribution in [3.05, 3.63) is 52.5 Å². The van der Waals surface area contributed by atoms with Crippen LogP contribution in [0.15, 0.2) is 41.2 Å². The van der Waals surface area contributed by atoms with E-state index in [0.29, 0.717) is 19.0 Å². The van der Waals surface area contributed by atoms with E-state index in [1.807, 2.05) is 18.2 Å². The minimum Gasteiger partial charge on any atom is -0.334 e. The molecule has 1 amide bonds. The first kappa shape index (κ1) is 19.9. The average Bonchev–Trinajstić information content (AvgIpc) is 3.00. The molecule has 25 heavy (non-hydrogen) atoms. The van der Waals surface area contributed by atoms with Gasteiger partial charge in [0.1, 0.15) is 0 Å². The second-order valence-electron chi connectivity index (χ2n) is 6.31. The summed E-state index contributed by atoms with van der Waals surface area (Å²) < 4.78 is 0. The Morgan fingerprint density at radius 2 is 2.20 bits per heavy atom. The Balaban J connectivity index is 0.00000225. The van der Waals surface area contributed by atoms with Crippen molar-refractivity contribution in [1.29, 1.82) is 0 Å². The van der Waals surface area contributed by atoms with Crippen LogP contribution in [0.5, 0.6) is 0 Å². The molecule has 1 fully saturated rings. The lowest BCUT2D eigenvalue weighted by Crippen LogP contribution is -2.40. The van der Waals surface area contributed by atoms with E-state index >= 15 is 0 Å². The van der Waals surface area contributed by atoms with Gasteiger partial charge in [0, 0.05) is 18.7 Å². The molecular weight excluding hydrogens is 354 g/mol. The molecule has 1 aliphatic rings. The zero-order chi connectivity index (χ0) is 16.6. The van der Waals surface area contributed by atoms with Crippen LogP contribution in [0.25, 0.3) is 0 Å². The number of aryl methyl sites for hydroxylation is 1. The molecule has 1 unspecified atom stereocenters. The van der Waals surface area contributed by atoms with Gasteiger partial charge < -0.3 is 10.2 Å². The van der Waals surface area contributed by atoms with Crippen LogP contribution in [0.2, 0.25) is 0 Å². The van der Waals surface area contributed by atoms with Crippen LogP contribution in [0.3, 0.4) is 0 Å². The molecule has 0 bridgehead atoms. The van der Waals surface area contributed by atoms with Crippen molar-refractivity contribution in [1.82, 2.24) is 15.2 Å². The Bertz CT molecular complexity index is 613. The van der Waals surface area contributed by atoms with Gasteiger partial charge >= 0.3 is 0 Å². The smallest absolute Gasteiger partial charge is 0.223 e. The number of carbonyl (C=O) groups excluding carboxylic acids is 1.